The van der Waals surface area contributed by atoms with Crippen LogP contribution in [0.25, 0.3) is 11.3 Å². The molecule has 2 aromatic rings. The molecule has 2 N–H and O–H groups in total. The Kier molecular flexibility index (Phi) is 2.46. The fourth-order valence-electron chi connectivity index (χ4n) is 1.68. The van der Waals surface area contributed by atoms with E-state index in [-0.39, 0.29) is 0 Å². The number of nitrogens with zero attached hydrogens (tertiary/aromatic N) is 2. The minimum atomic E-state index is 0.734. The number of hydrogen-bond acceptors (Lipinski definition) is 2. The SMILES string of the molecule is CCc1nc(-c2ccccc2)c(N)n1C. The van der Waals surface area contributed by atoms with Gasteiger partial charge in [0, 0.05) is 19.0 Å². The quantitative estimate of drug-likeness (QED) is 0.809. The molecule has 78 valence electrons. The van der Waals surface area contributed by atoms with E-state index in [0.29, 0.717) is 0 Å². The predicted molar refractivity (Wildman–Crippen MR) is 62.4 cm³/mol. The summed E-state index contributed by atoms with van der Waals surface area (Å²) >= 11 is 0. The van der Waals surface area contributed by atoms with E-state index in [1.54, 1.807) is 0 Å². The molecule has 1 aromatic carbocycles. The zero-order chi connectivity index (χ0) is 10.8. The molecule has 0 unspecified atom stereocenters. The maximum Gasteiger partial charge on any atom is 0.131 e. The van der Waals surface area contributed by atoms with E-state index in [2.05, 4.69) is 11.9 Å². The molecule has 0 atom stereocenters. The Hall–Kier alpha value is -1.77. The topological polar surface area (TPSA) is 43.8 Å². The third kappa shape index (κ3) is 1.61. The molecular weight excluding hydrogens is 186 g/mol. The lowest BCUT2D eigenvalue weighted by molar-refractivity contribution is 0.816. The average molecular weight is 201 g/mol. The number of hydrogen-bond donors (Lipinski definition) is 1. The second kappa shape index (κ2) is 3.77. The molecule has 0 radical (unpaired) electrons. The van der Waals surface area contributed by atoms with Gasteiger partial charge in [-0.2, -0.15) is 0 Å². The van der Waals surface area contributed by atoms with E-state index < -0.39 is 0 Å². The number of rotatable bonds is 2. The van der Waals surface area contributed by atoms with Crippen molar-refractivity contribution in [3.8, 4) is 11.3 Å². The number of nitrogen functional groups attached to an aromatic ring is 1. The van der Waals surface area contributed by atoms with Crippen LogP contribution in [-0.4, -0.2) is 9.55 Å². The molecule has 2 rings (SSSR count). The highest BCUT2D eigenvalue weighted by Crippen LogP contribution is 2.25. The first-order valence-corrected chi connectivity index (χ1v) is 5.10. The van der Waals surface area contributed by atoms with Crippen molar-refractivity contribution in [2.45, 2.75) is 13.3 Å². The molecule has 0 aliphatic heterocycles. The summed E-state index contributed by atoms with van der Waals surface area (Å²) in [6, 6.07) is 10.0. The molecule has 3 heteroatoms. The van der Waals surface area contributed by atoms with Gasteiger partial charge in [0.05, 0.1) is 0 Å². The molecule has 0 aliphatic rings. The van der Waals surface area contributed by atoms with Gasteiger partial charge >= 0.3 is 0 Å². The number of aromatic nitrogens is 2. The second-order valence-corrected chi connectivity index (χ2v) is 3.54. The molecule has 15 heavy (non-hydrogen) atoms. The van der Waals surface area contributed by atoms with Crippen LogP contribution in [0.1, 0.15) is 12.7 Å². The first-order valence-electron chi connectivity index (χ1n) is 5.10. The summed E-state index contributed by atoms with van der Waals surface area (Å²) in [6.45, 7) is 2.08. The molecule has 0 amide bonds. The summed E-state index contributed by atoms with van der Waals surface area (Å²) in [7, 11) is 1.95. The van der Waals surface area contributed by atoms with Crippen molar-refractivity contribution in [2.75, 3.05) is 5.73 Å². The first kappa shape index (κ1) is 9.77. The van der Waals surface area contributed by atoms with Gasteiger partial charge in [-0.1, -0.05) is 37.3 Å². The highest BCUT2D eigenvalue weighted by atomic mass is 15.1. The zero-order valence-electron chi connectivity index (χ0n) is 9.07. The van der Waals surface area contributed by atoms with Crippen molar-refractivity contribution >= 4 is 5.82 Å². The zero-order valence-corrected chi connectivity index (χ0v) is 9.07. The molecular formula is C12H15N3. The van der Waals surface area contributed by atoms with Gasteiger partial charge in [0.2, 0.25) is 0 Å². The van der Waals surface area contributed by atoms with Gasteiger partial charge in [-0.15, -0.1) is 0 Å². The molecule has 0 bridgehead atoms. The molecule has 0 saturated carbocycles. The summed E-state index contributed by atoms with van der Waals surface area (Å²) in [4.78, 5) is 4.54. The van der Waals surface area contributed by atoms with Gasteiger partial charge in [-0.25, -0.2) is 4.98 Å². The lowest BCUT2D eigenvalue weighted by Gasteiger charge is -2.00. The number of aryl methyl sites for hydroxylation is 1. The van der Waals surface area contributed by atoms with Crippen molar-refractivity contribution in [3.63, 3.8) is 0 Å². The van der Waals surface area contributed by atoms with Crippen LogP contribution in [0, 0.1) is 0 Å². The molecule has 0 aliphatic carbocycles. The largest absolute Gasteiger partial charge is 0.383 e. The number of anilines is 1. The third-order valence-electron chi connectivity index (χ3n) is 2.60. The molecule has 1 aromatic heterocycles. The smallest absolute Gasteiger partial charge is 0.131 e. The van der Waals surface area contributed by atoms with Crippen molar-refractivity contribution in [3.05, 3.63) is 36.2 Å². The maximum atomic E-state index is 6.01. The first-order chi connectivity index (χ1) is 7.24. The van der Waals surface area contributed by atoms with Crippen LogP contribution >= 0.6 is 0 Å². The summed E-state index contributed by atoms with van der Waals surface area (Å²) in [5.41, 5.74) is 7.97. The number of imidazole rings is 1. The summed E-state index contributed by atoms with van der Waals surface area (Å²) in [5.74, 6) is 1.75. The Morgan fingerprint density at radius 2 is 1.93 bits per heavy atom. The average Bonchev–Trinajstić information content (AvgIpc) is 2.57. The van der Waals surface area contributed by atoms with Crippen LogP contribution in [0.5, 0.6) is 0 Å². The van der Waals surface area contributed by atoms with Gasteiger partial charge in [0.25, 0.3) is 0 Å². The molecule has 0 fully saturated rings. The fraction of sp³-hybridized carbons (Fsp3) is 0.250. The molecule has 0 spiro atoms. The van der Waals surface area contributed by atoms with Crippen LogP contribution in [-0.2, 0) is 13.5 Å². The minimum absolute atomic E-state index is 0.734. The monoisotopic (exact) mass is 201 g/mol. The maximum absolute atomic E-state index is 6.01. The molecule has 3 nitrogen and oxygen atoms in total. The Morgan fingerprint density at radius 3 is 2.47 bits per heavy atom. The van der Waals surface area contributed by atoms with E-state index in [1.165, 1.54) is 0 Å². The highest BCUT2D eigenvalue weighted by Gasteiger charge is 2.11. The minimum Gasteiger partial charge on any atom is -0.383 e. The van der Waals surface area contributed by atoms with E-state index in [4.69, 9.17) is 5.73 Å². The Bertz CT molecular complexity index is 457. The fourth-order valence-corrected chi connectivity index (χ4v) is 1.68. The summed E-state index contributed by atoms with van der Waals surface area (Å²) in [5, 5.41) is 0. The standard InChI is InChI=1S/C12H15N3/c1-3-10-14-11(12(13)15(10)2)9-7-5-4-6-8-9/h4-8H,3,13H2,1-2H3. The Morgan fingerprint density at radius 1 is 1.27 bits per heavy atom. The van der Waals surface area contributed by atoms with E-state index >= 15 is 0 Å². The summed E-state index contributed by atoms with van der Waals surface area (Å²) in [6.07, 6.45) is 0.896. The third-order valence-corrected chi connectivity index (χ3v) is 2.60. The van der Waals surface area contributed by atoms with Crippen molar-refractivity contribution < 1.29 is 0 Å². The van der Waals surface area contributed by atoms with E-state index in [1.807, 2.05) is 41.9 Å². The van der Waals surface area contributed by atoms with Crippen LogP contribution in [0.2, 0.25) is 0 Å². The second-order valence-electron chi connectivity index (χ2n) is 3.54. The van der Waals surface area contributed by atoms with Crippen molar-refractivity contribution in [1.29, 1.82) is 0 Å². The van der Waals surface area contributed by atoms with Crippen LogP contribution in [0.15, 0.2) is 30.3 Å². The van der Waals surface area contributed by atoms with Crippen molar-refractivity contribution in [1.82, 2.24) is 9.55 Å². The van der Waals surface area contributed by atoms with Crippen LogP contribution < -0.4 is 5.73 Å². The Labute approximate surface area is 89.6 Å². The van der Waals surface area contributed by atoms with Crippen LogP contribution in [0.3, 0.4) is 0 Å². The van der Waals surface area contributed by atoms with Crippen molar-refractivity contribution in [2.24, 2.45) is 7.05 Å². The van der Waals surface area contributed by atoms with Crippen LogP contribution in [0.4, 0.5) is 5.82 Å². The highest BCUT2D eigenvalue weighted by molar-refractivity contribution is 5.70. The number of nitrogens with two attached hydrogens (primary N) is 1. The lowest BCUT2D eigenvalue weighted by Crippen LogP contribution is -2.00. The predicted octanol–water partition coefficient (Wildman–Crippen LogP) is 2.23. The number of benzene rings is 1. The van der Waals surface area contributed by atoms with Gasteiger partial charge in [-0.3, -0.25) is 0 Å². The van der Waals surface area contributed by atoms with E-state index in [9.17, 15) is 0 Å². The van der Waals surface area contributed by atoms with E-state index in [0.717, 1.165) is 29.3 Å². The summed E-state index contributed by atoms with van der Waals surface area (Å²) < 4.78 is 1.95. The van der Waals surface area contributed by atoms with Gasteiger partial charge in [0.1, 0.15) is 17.3 Å². The molecule has 1 heterocycles. The van der Waals surface area contributed by atoms with Gasteiger partial charge in [-0.05, 0) is 0 Å². The molecule has 0 saturated heterocycles. The lowest BCUT2D eigenvalue weighted by atomic mass is 10.1. The van der Waals surface area contributed by atoms with Gasteiger partial charge < -0.3 is 10.3 Å². The van der Waals surface area contributed by atoms with Gasteiger partial charge in [0.15, 0.2) is 0 Å². The normalized spacial score (nSPS) is 10.5. The Balaban J connectivity index is 2.55.